The van der Waals surface area contributed by atoms with Gasteiger partial charge in [-0.05, 0) is 46.6 Å². The molecule has 3 N–H and O–H groups in total. The predicted molar refractivity (Wildman–Crippen MR) is 106 cm³/mol. The van der Waals surface area contributed by atoms with E-state index in [1.54, 1.807) is 10.7 Å². The smallest absolute Gasteiger partial charge is 0.257 e. The van der Waals surface area contributed by atoms with Gasteiger partial charge in [-0.25, -0.2) is 18.2 Å². The number of carbonyl (C=O) groups is 1. The van der Waals surface area contributed by atoms with Crippen LogP contribution in [0.25, 0.3) is 0 Å². The van der Waals surface area contributed by atoms with Crippen LogP contribution in [0.1, 0.15) is 21.6 Å². The number of nitrogens with one attached hydrogen (secondary N) is 1. The molecule has 2 aromatic carbocycles. The van der Waals surface area contributed by atoms with Gasteiger partial charge in [-0.2, -0.15) is 5.10 Å². The number of carbonyl (C=O) groups excluding carboxylic acids is 1. The van der Waals surface area contributed by atoms with E-state index in [-0.39, 0.29) is 10.5 Å². The Kier molecular flexibility index (Phi) is 5.45. The number of nitrogens with zero attached hydrogens (tertiary/aromatic N) is 2. The second kappa shape index (κ2) is 7.63. The van der Waals surface area contributed by atoms with Gasteiger partial charge in [0.1, 0.15) is 5.82 Å². The molecule has 0 spiro atoms. The molecular weight excluding hydrogens is 432 g/mol. The topological polar surface area (TPSA) is 107 Å². The lowest BCUT2D eigenvalue weighted by atomic mass is 10.2. The third-order valence-electron chi connectivity index (χ3n) is 3.83. The molecule has 9 heteroatoms. The lowest BCUT2D eigenvalue weighted by molar-refractivity contribution is 0.102. The number of sulfonamides is 1. The number of aromatic nitrogens is 2. The van der Waals surface area contributed by atoms with Crippen molar-refractivity contribution in [1.82, 2.24) is 9.78 Å². The first-order valence-electron chi connectivity index (χ1n) is 7.96. The highest BCUT2D eigenvalue weighted by molar-refractivity contribution is 9.10. The summed E-state index contributed by atoms with van der Waals surface area (Å²) in [6.07, 6.45) is 0. The number of amides is 1. The molecule has 0 atom stereocenters. The number of halogens is 1. The first kappa shape index (κ1) is 19.3. The number of nitrogens with two attached hydrogens (primary N) is 1. The van der Waals surface area contributed by atoms with Crippen molar-refractivity contribution in [3.8, 4) is 0 Å². The highest BCUT2D eigenvalue weighted by Crippen LogP contribution is 2.22. The van der Waals surface area contributed by atoms with E-state index in [1.807, 2.05) is 37.3 Å². The Morgan fingerprint density at radius 1 is 1.19 bits per heavy atom. The summed E-state index contributed by atoms with van der Waals surface area (Å²) in [7, 11) is -3.91. The standard InChI is InChI=1S/C18H17BrN4O3S/c1-12-9-17(23(22-12)11-13-5-3-2-4-6-13)21-18(24)15-10-14(27(20,25)26)7-8-16(15)19/h2-10H,11H2,1H3,(H,21,24)(H2,20,25,26). The SMILES string of the molecule is Cc1cc(NC(=O)c2cc(S(N)(=O)=O)ccc2Br)n(Cc2ccccc2)n1. The maximum absolute atomic E-state index is 12.7. The van der Waals surface area contributed by atoms with Gasteiger partial charge in [0.05, 0.1) is 22.7 Å². The fourth-order valence-corrected chi connectivity index (χ4v) is 3.53. The Morgan fingerprint density at radius 2 is 1.89 bits per heavy atom. The molecule has 0 fully saturated rings. The van der Waals surface area contributed by atoms with Crippen LogP contribution in [0.3, 0.4) is 0 Å². The molecule has 1 aromatic heterocycles. The zero-order valence-corrected chi connectivity index (χ0v) is 16.8. The Labute approximate surface area is 165 Å². The summed E-state index contributed by atoms with van der Waals surface area (Å²) in [4.78, 5) is 12.6. The third-order valence-corrected chi connectivity index (χ3v) is 5.43. The molecule has 3 aromatic rings. The second-order valence-corrected chi connectivity index (χ2v) is 8.37. The van der Waals surface area contributed by atoms with Gasteiger partial charge in [-0.1, -0.05) is 30.3 Å². The van der Waals surface area contributed by atoms with E-state index in [9.17, 15) is 13.2 Å². The van der Waals surface area contributed by atoms with E-state index in [2.05, 4.69) is 26.3 Å². The van der Waals surface area contributed by atoms with E-state index in [0.29, 0.717) is 16.8 Å². The van der Waals surface area contributed by atoms with Crippen molar-refractivity contribution in [2.45, 2.75) is 18.4 Å². The van der Waals surface area contributed by atoms with Gasteiger partial charge < -0.3 is 5.32 Å². The van der Waals surface area contributed by atoms with Crippen LogP contribution in [-0.2, 0) is 16.6 Å². The van der Waals surface area contributed by atoms with Crippen molar-refractivity contribution in [3.63, 3.8) is 0 Å². The van der Waals surface area contributed by atoms with Crippen LogP contribution in [0.5, 0.6) is 0 Å². The van der Waals surface area contributed by atoms with Crippen LogP contribution in [0.4, 0.5) is 5.82 Å². The normalized spacial score (nSPS) is 11.4. The quantitative estimate of drug-likeness (QED) is 0.625. The van der Waals surface area contributed by atoms with Crippen LogP contribution < -0.4 is 10.5 Å². The first-order valence-corrected chi connectivity index (χ1v) is 10.3. The lowest BCUT2D eigenvalue weighted by Gasteiger charge is -2.11. The van der Waals surface area contributed by atoms with Gasteiger partial charge >= 0.3 is 0 Å². The van der Waals surface area contributed by atoms with Gasteiger partial charge in [0, 0.05) is 10.5 Å². The molecule has 0 saturated carbocycles. The zero-order chi connectivity index (χ0) is 19.6. The van der Waals surface area contributed by atoms with Gasteiger partial charge in [0.2, 0.25) is 10.0 Å². The first-order chi connectivity index (χ1) is 12.7. The molecule has 0 aliphatic carbocycles. The minimum absolute atomic E-state index is 0.134. The van der Waals surface area contributed by atoms with Crippen LogP contribution >= 0.6 is 15.9 Å². The highest BCUT2D eigenvalue weighted by Gasteiger charge is 2.17. The Bertz CT molecular complexity index is 1100. The molecule has 0 unspecified atom stereocenters. The lowest BCUT2D eigenvalue weighted by Crippen LogP contribution is -2.18. The number of benzene rings is 2. The number of aryl methyl sites for hydroxylation is 1. The molecule has 0 radical (unpaired) electrons. The van der Waals surface area contributed by atoms with Crippen molar-refractivity contribution < 1.29 is 13.2 Å². The zero-order valence-electron chi connectivity index (χ0n) is 14.4. The molecule has 140 valence electrons. The van der Waals surface area contributed by atoms with Crippen LogP contribution in [0.2, 0.25) is 0 Å². The van der Waals surface area contributed by atoms with Gasteiger partial charge in [-0.15, -0.1) is 0 Å². The largest absolute Gasteiger partial charge is 0.307 e. The molecule has 0 aliphatic heterocycles. The fraction of sp³-hybridized carbons (Fsp3) is 0.111. The van der Waals surface area contributed by atoms with E-state index >= 15 is 0 Å². The van der Waals surface area contributed by atoms with E-state index in [1.165, 1.54) is 18.2 Å². The molecule has 0 bridgehead atoms. The summed E-state index contributed by atoms with van der Waals surface area (Å²) < 4.78 is 25.2. The monoisotopic (exact) mass is 448 g/mol. The van der Waals surface area contributed by atoms with Crippen molar-refractivity contribution in [2.75, 3.05) is 5.32 Å². The molecule has 3 rings (SSSR count). The van der Waals surface area contributed by atoms with Crippen molar-refractivity contribution >= 4 is 37.7 Å². The number of anilines is 1. The summed E-state index contributed by atoms with van der Waals surface area (Å²) in [6, 6.07) is 15.5. The van der Waals surface area contributed by atoms with Crippen molar-refractivity contribution in [2.24, 2.45) is 5.14 Å². The average Bonchev–Trinajstić information content (AvgIpc) is 2.94. The van der Waals surface area contributed by atoms with Crippen molar-refractivity contribution in [3.05, 3.63) is 75.9 Å². The minimum Gasteiger partial charge on any atom is -0.307 e. The third kappa shape index (κ3) is 4.62. The van der Waals surface area contributed by atoms with Crippen LogP contribution in [0.15, 0.2) is 64.0 Å². The molecule has 0 aliphatic rings. The molecule has 1 amide bonds. The Morgan fingerprint density at radius 3 is 2.56 bits per heavy atom. The number of primary sulfonamides is 1. The Hall–Kier alpha value is -2.49. The molecule has 0 saturated heterocycles. The van der Waals surface area contributed by atoms with Gasteiger partial charge in [0.25, 0.3) is 5.91 Å². The van der Waals surface area contributed by atoms with Crippen molar-refractivity contribution in [1.29, 1.82) is 0 Å². The van der Waals surface area contributed by atoms with E-state index in [0.717, 1.165) is 11.3 Å². The maximum atomic E-state index is 12.7. The highest BCUT2D eigenvalue weighted by atomic mass is 79.9. The summed E-state index contributed by atoms with van der Waals surface area (Å²) in [5.74, 6) is 0.0378. The number of hydrogen-bond donors (Lipinski definition) is 2. The molecule has 27 heavy (non-hydrogen) atoms. The summed E-state index contributed by atoms with van der Waals surface area (Å²) in [5.41, 5.74) is 1.94. The molecular formula is C18H17BrN4O3S. The van der Waals surface area contributed by atoms with Gasteiger partial charge in [-0.3, -0.25) is 4.79 Å². The average molecular weight is 449 g/mol. The summed E-state index contributed by atoms with van der Waals surface area (Å²) >= 11 is 3.27. The molecule has 7 nitrogen and oxygen atoms in total. The summed E-state index contributed by atoms with van der Waals surface area (Å²) in [5, 5.41) is 12.3. The Balaban J connectivity index is 1.89. The van der Waals surface area contributed by atoms with E-state index in [4.69, 9.17) is 5.14 Å². The van der Waals surface area contributed by atoms with Crippen LogP contribution in [0, 0.1) is 6.92 Å². The van der Waals surface area contributed by atoms with E-state index < -0.39 is 15.9 Å². The number of hydrogen-bond acceptors (Lipinski definition) is 4. The number of rotatable bonds is 5. The fourth-order valence-electron chi connectivity index (χ4n) is 2.56. The minimum atomic E-state index is -3.91. The van der Waals surface area contributed by atoms with Crippen LogP contribution in [-0.4, -0.2) is 24.1 Å². The molecule has 1 heterocycles. The summed E-state index contributed by atoms with van der Waals surface area (Å²) in [6.45, 7) is 2.32. The van der Waals surface area contributed by atoms with Gasteiger partial charge in [0.15, 0.2) is 0 Å². The predicted octanol–water partition coefficient (Wildman–Crippen LogP) is 2.90. The second-order valence-electron chi connectivity index (χ2n) is 5.95. The maximum Gasteiger partial charge on any atom is 0.257 e.